The Morgan fingerprint density at radius 3 is 2.68 bits per heavy atom. The summed E-state index contributed by atoms with van der Waals surface area (Å²) in [6, 6.07) is 3.65. The number of nitrogens with zero attached hydrogens (tertiary/aromatic N) is 2. The van der Waals surface area contributed by atoms with E-state index in [1.807, 2.05) is 6.07 Å². The molecule has 0 bridgehead atoms. The molecule has 3 rings (SSSR count). The average Bonchev–Trinajstić information content (AvgIpc) is 2.92. The van der Waals surface area contributed by atoms with Gasteiger partial charge in [0.05, 0.1) is 0 Å². The number of hydrogen-bond acceptors (Lipinski definition) is 5. The predicted molar refractivity (Wildman–Crippen MR) is 109 cm³/mol. The largest absolute Gasteiger partial charge is 0.354 e. The third kappa shape index (κ3) is 5.31. The van der Waals surface area contributed by atoms with Crippen LogP contribution in [0.15, 0.2) is 23.7 Å². The molecule has 138 valence electrons. The highest BCUT2D eigenvalue weighted by Gasteiger charge is 2.14. The monoisotopic (exact) mass is 402 g/mol. The molecule has 1 saturated heterocycles. The molecule has 8 heteroatoms. The highest BCUT2D eigenvalue weighted by atomic mass is 35.5. The van der Waals surface area contributed by atoms with Gasteiger partial charge in [0.25, 0.3) is 5.91 Å². The first kappa shape index (κ1) is 21.7. The van der Waals surface area contributed by atoms with E-state index >= 15 is 0 Å². The summed E-state index contributed by atoms with van der Waals surface area (Å²) >= 11 is 1.73. The van der Waals surface area contributed by atoms with Crippen molar-refractivity contribution in [2.75, 3.05) is 31.1 Å². The van der Waals surface area contributed by atoms with Crippen LogP contribution in [-0.4, -0.2) is 37.1 Å². The van der Waals surface area contributed by atoms with Crippen LogP contribution in [0.25, 0.3) is 0 Å². The van der Waals surface area contributed by atoms with Crippen molar-refractivity contribution in [1.29, 1.82) is 0 Å². The quantitative estimate of drug-likeness (QED) is 0.824. The van der Waals surface area contributed by atoms with Crippen molar-refractivity contribution < 1.29 is 4.79 Å². The van der Waals surface area contributed by atoms with Crippen LogP contribution in [0.5, 0.6) is 0 Å². The Balaban J connectivity index is 0.00000156. The van der Waals surface area contributed by atoms with Gasteiger partial charge >= 0.3 is 0 Å². The van der Waals surface area contributed by atoms with Crippen molar-refractivity contribution in [3.05, 3.63) is 45.3 Å². The molecule has 1 aliphatic heterocycles. The van der Waals surface area contributed by atoms with Crippen molar-refractivity contribution in [3.8, 4) is 0 Å². The normalized spacial score (nSPS) is 13.6. The second-order valence-corrected chi connectivity index (χ2v) is 6.85. The van der Waals surface area contributed by atoms with E-state index in [9.17, 15) is 4.79 Å². The number of halogens is 2. The highest BCUT2D eigenvalue weighted by Crippen LogP contribution is 2.20. The summed E-state index contributed by atoms with van der Waals surface area (Å²) in [6.07, 6.45) is 1.71. The number of rotatable bonds is 4. The van der Waals surface area contributed by atoms with E-state index in [4.69, 9.17) is 0 Å². The van der Waals surface area contributed by atoms with E-state index in [2.05, 4.69) is 39.7 Å². The Labute approximate surface area is 165 Å². The molecular formula is C17H24Cl2N4OS. The molecule has 0 spiro atoms. The minimum Gasteiger partial charge on any atom is -0.354 e. The number of carbonyl (C=O) groups is 1. The van der Waals surface area contributed by atoms with Crippen LogP contribution in [0.1, 0.15) is 26.4 Å². The van der Waals surface area contributed by atoms with Gasteiger partial charge in [-0.1, -0.05) is 0 Å². The maximum atomic E-state index is 12.4. The van der Waals surface area contributed by atoms with Crippen molar-refractivity contribution in [2.24, 2.45) is 0 Å². The molecule has 1 amide bonds. The summed E-state index contributed by atoms with van der Waals surface area (Å²) in [4.78, 5) is 20.3. The van der Waals surface area contributed by atoms with Crippen molar-refractivity contribution >= 4 is 47.9 Å². The lowest BCUT2D eigenvalue weighted by Crippen LogP contribution is -2.44. The fraction of sp³-hybridized carbons (Fsp3) is 0.412. The minimum atomic E-state index is -0.0490. The molecule has 5 nitrogen and oxygen atoms in total. The van der Waals surface area contributed by atoms with Gasteiger partial charge in [-0.25, -0.2) is 4.98 Å². The Morgan fingerprint density at radius 1 is 1.32 bits per heavy atom. The SMILES string of the molecule is Cc1scc(CNC(=O)c2ccnc(N3CCNCC3)c2)c1C.Cl.Cl. The Bertz CT molecular complexity index is 702. The molecule has 1 aliphatic rings. The topological polar surface area (TPSA) is 57.3 Å². The molecule has 25 heavy (non-hydrogen) atoms. The van der Waals surface area contributed by atoms with Crippen molar-refractivity contribution in [3.63, 3.8) is 0 Å². The third-order valence-corrected chi connectivity index (χ3v) is 5.34. The second-order valence-electron chi connectivity index (χ2n) is 5.76. The molecule has 2 N–H and O–H groups in total. The lowest BCUT2D eigenvalue weighted by atomic mass is 10.1. The van der Waals surface area contributed by atoms with Gasteiger partial charge in [0.2, 0.25) is 0 Å². The molecular weight excluding hydrogens is 379 g/mol. The predicted octanol–water partition coefficient (Wildman–Crippen LogP) is 2.94. The van der Waals surface area contributed by atoms with Gasteiger partial charge in [-0.2, -0.15) is 0 Å². The zero-order valence-corrected chi connectivity index (χ0v) is 16.8. The molecule has 0 unspecified atom stereocenters. The third-order valence-electron chi connectivity index (χ3n) is 4.28. The number of amides is 1. The Kier molecular flexibility index (Phi) is 8.65. The van der Waals surface area contributed by atoms with E-state index in [-0.39, 0.29) is 30.7 Å². The first-order chi connectivity index (χ1) is 11.1. The summed E-state index contributed by atoms with van der Waals surface area (Å²) in [5, 5.41) is 8.44. The van der Waals surface area contributed by atoms with E-state index < -0.39 is 0 Å². The molecule has 0 aromatic carbocycles. The summed E-state index contributed by atoms with van der Waals surface area (Å²) in [5.74, 6) is 0.828. The van der Waals surface area contributed by atoms with Gasteiger partial charge in [-0.15, -0.1) is 36.2 Å². The molecule has 0 saturated carbocycles. The molecule has 0 aliphatic carbocycles. The van der Waals surface area contributed by atoms with E-state index in [0.717, 1.165) is 32.0 Å². The van der Waals surface area contributed by atoms with Crippen LogP contribution < -0.4 is 15.5 Å². The summed E-state index contributed by atoms with van der Waals surface area (Å²) in [6.45, 7) is 8.52. The van der Waals surface area contributed by atoms with Crippen LogP contribution >= 0.6 is 36.2 Å². The van der Waals surface area contributed by atoms with Gasteiger partial charge in [0.1, 0.15) is 5.82 Å². The standard InChI is InChI=1S/C17H22N4OS.2ClH/c1-12-13(2)23-11-15(12)10-20-17(22)14-3-4-19-16(9-14)21-7-5-18-6-8-21;;/h3-4,9,11,18H,5-8,10H2,1-2H3,(H,20,22);2*1H. The Morgan fingerprint density at radius 2 is 2.04 bits per heavy atom. The maximum Gasteiger partial charge on any atom is 0.251 e. The average molecular weight is 403 g/mol. The van der Waals surface area contributed by atoms with E-state index in [1.165, 1.54) is 16.0 Å². The lowest BCUT2D eigenvalue weighted by molar-refractivity contribution is 0.0951. The number of aryl methyl sites for hydroxylation is 1. The number of pyridine rings is 1. The highest BCUT2D eigenvalue weighted by molar-refractivity contribution is 7.10. The summed E-state index contributed by atoms with van der Waals surface area (Å²) in [5.41, 5.74) is 3.13. The number of aromatic nitrogens is 1. The fourth-order valence-corrected chi connectivity index (χ4v) is 3.53. The smallest absolute Gasteiger partial charge is 0.251 e. The van der Waals surface area contributed by atoms with E-state index in [0.29, 0.717) is 12.1 Å². The zero-order chi connectivity index (χ0) is 16.2. The number of nitrogens with one attached hydrogen (secondary N) is 2. The molecule has 2 aromatic heterocycles. The lowest BCUT2D eigenvalue weighted by Gasteiger charge is -2.28. The first-order valence-corrected chi connectivity index (χ1v) is 8.76. The van der Waals surface area contributed by atoms with Crippen LogP contribution in [0.2, 0.25) is 0 Å². The van der Waals surface area contributed by atoms with Crippen LogP contribution in [0.4, 0.5) is 5.82 Å². The van der Waals surface area contributed by atoms with Gasteiger partial charge < -0.3 is 15.5 Å². The van der Waals surface area contributed by atoms with Gasteiger partial charge in [-0.3, -0.25) is 4.79 Å². The van der Waals surface area contributed by atoms with Crippen molar-refractivity contribution in [1.82, 2.24) is 15.6 Å². The van der Waals surface area contributed by atoms with Crippen LogP contribution in [0, 0.1) is 13.8 Å². The molecule has 3 heterocycles. The second kappa shape index (κ2) is 9.97. The Hall–Kier alpha value is -1.34. The van der Waals surface area contributed by atoms with Gasteiger partial charge in [-0.05, 0) is 42.5 Å². The minimum absolute atomic E-state index is 0. The molecule has 0 radical (unpaired) electrons. The van der Waals surface area contributed by atoms with E-state index in [1.54, 1.807) is 23.6 Å². The number of anilines is 1. The molecule has 0 atom stereocenters. The number of piperazine rings is 1. The summed E-state index contributed by atoms with van der Waals surface area (Å²) in [7, 11) is 0. The van der Waals surface area contributed by atoms with Gasteiger partial charge in [0, 0.05) is 49.4 Å². The summed E-state index contributed by atoms with van der Waals surface area (Å²) < 4.78 is 0. The molecule has 2 aromatic rings. The van der Waals surface area contributed by atoms with Crippen LogP contribution in [-0.2, 0) is 6.54 Å². The van der Waals surface area contributed by atoms with Gasteiger partial charge in [0.15, 0.2) is 0 Å². The zero-order valence-electron chi connectivity index (χ0n) is 14.4. The fourth-order valence-electron chi connectivity index (χ4n) is 2.64. The first-order valence-electron chi connectivity index (χ1n) is 7.88. The van der Waals surface area contributed by atoms with Crippen molar-refractivity contribution in [2.45, 2.75) is 20.4 Å². The molecule has 1 fully saturated rings. The van der Waals surface area contributed by atoms with Crippen LogP contribution in [0.3, 0.4) is 0 Å². The number of carbonyl (C=O) groups excluding carboxylic acids is 1. The maximum absolute atomic E-state index is 12.4. The number of thiophene rings is 1. The number of hydrogen-bond donors (Lipinski definition) is 2.